The fourth-order valence-corrected chi connectivity index (χ4v) is 10.5. The van der Waals surface area contributed by atoms with E-state index < -0.39 is 5.41 Å². The summed E-state index contributed by atoms with van der Waals surface area (Å²) in [4.78, 5) is 2.46. The van der Waals surface area contributed by atoms with Crippen molar-refractivity contribution in [1.82, 2.24) is 0 Å². The van der Waals surface area contributed by atoms with Crippen molar-refractivity contribution in [2.45, 2.75) is 31.1 Å². The number of benzene rings is 8. The minimum atomic E-state index is -0.630. The summed E-state index contributed by atoms with van der Waals surface area (Å²) in [5.41, 5.74) is 21.4. The van der Waals surface area contributed by atoms with Crippen molar-refractivity contribution >= 4 is 22.6 Å². The van der Waals surface area contributed by atoms with Gasteiger partial charge in [-0.3, -0.25) is 0 Å². The molecule has 11 rings (SSSR count). The minimum absolute atomic E-state index is 0.135. The summed E-state index contributed by atoms with van der Waals surface area (Å²) < 4.78 is 0. The topological polar surface area (TPSA) is 3.24 Å². The Hall–Kier alpha value is -7.22. The van der Waals surface area contributed by atoms with Crippen LogP contribution >= 0.6 is 0 Å². The molecule has 1 spiro atoms. The number of allylic oxidation sites excluding steroid dienone is 5. The molecule has 3 aliphatic carbocycles. The Labute approximate surface area is 354 Å². The van der Waals surface area contributed by atoms with E-state index in [-0.39, 0.29) is 5.41 Å². The second-order valence-corrected chi connectivity index (χ2v) is 16.9. The molecule has 8 aromatic rings. The molecule has 0 bridgehead atoms. The van der Waals surface area contributed by atoms with Gasteiger partial charge in [0.2, 0.25) is 0 Å². The van der Waals surface area contributed by atoms with Gasteiger partial charge in [-0.1, -0.05) is 196 Å². The average molecular weight is 768 g/mol. The molecule has 0 saturated carbocycles. The van der Waals surface area contributed by atoms with Gasteiger partial charge >= 0.3 is 0 Å². The van der Waals surface area contributed by atoms with Crippen LogP contribution in [0.1, 0.15) is 52.8 Å². The van der Waals surface area contributed by atoms with Gasteiger partial charge in [-0.25, -0.2) is 0 Å². The van der Waals surface area contributed by atoms with Crippen molar-refractivity contribution in [2.75, 3.05) is 4.90 Å². The first-order valence-electron chi connectivity index (χ1n) is 21.1. The molecule has 60 heavy (non-hydrogen) atoms. The molecule has 8 aromatic carbocycles. The summed E-state index contributed by atoms with van der Waals surface area (Å²) in [6.07, 6.45) is 7.76. The van der Waals surface area contributed by atoms with E-state index in [0.29, 0.717) is 0 Å². The highest BCUT2D eigenvalue weighted by Gasteiger charge is 2.48. The van der Waals surface area contributed by atoms with E-state index in [1.165, 1.54) is 72.3 Å². The molecule has 1 nitrogen and oxygen atoms in total. The van der Waals surface area contributed by atoms with Crippen molar-refractivity contribution < 1.29 is 0 Å². The molecular formula is C59H45N. The summed E-state index contributed by atoms with van der Waals surface area (Å²) in [5.74, 6) is 0. The quantitative estimate of drug-likeness (QED) is 0.169. The maximum absolute atomic E-state index is 5.05. The minimum Gasteiger partial charge on any atom is -0.310 e. The van der Waals surface area contributed by atoms with Gasteiger partial charge in [0.25, 0.3) is 0 Å². The molecule has 0 saturated heterocycles. The van der Waals surface area contributed by atoms with E-state index in [1.54, 1.807) is 0 Å². The zero-order valence-electron chi connectivity index (χ0n) is 34.1. The molecule has 0 heterocycles. The van der Waals surface area contributed by atoms with Gasteiger partial charge in [0, 0.05) is 22.5 Å². The molecule has 1 atom stereocenters. The summed E-state index contributed by atoms with van der Waals surface area (Å²) >= 11 is 0. The predicted octanol–water partition coefficient (Wildman–Crippen LogP) is 15.2. The first-order chi connectivity index (χ1) is 29.4. The van der Waals surface area contributed by atoms with Crippen LogP contribution in [0.15, 0.2) is 225 Å². The Morgan fingerprint density at radius 1 is 0.433 bits per heavy atom. The highest BCUT2D eigenvalue weighted by Crippen LogP contribution is 2.59. The third-order valence-electron chi connectivity index (χ3n) is 13.3. The number of hydrogen-bond acceptors (Lipinski definition) is 1. The fraction of sp³-hybridized carbons (Fsp3) is 0.0847. The Morgan fingerprint density at radius 2 is 0.933 bits per heavy atom. The van der Waals surface area contributed by atoms with Gasteiger partial charge < -0.3 is 4.90 Å². The Bertz CT molecular complexity index is 3040. The SMILES string of the molecule is C=C1/C=C(c2ccccc2)\C=C/Cc2ccccc2C12c1ccccc1-c1ccc(N(c3ccc(-c4ccccc4)cc3)c3ccc4c(c3)C(C)(C)c3ccccc3-4)cc12. The second-order valence-electron chi connectivity index (χ2n) is 16.9. The highest BCUT2D eigenvalue weighted by atomic mass is 15.1. The first kappa shape index (κ1) is 35.9. The zero-order chi connectivity index (χ0) is 40.4. The standard InChI is InChI=1S/C59H45N/c1-40-37-45(42-19-8-5-9-20-42)23-16-22-44-21-10-13-26-53(44)59(40)55-28-15-12-25-50(55)52-36-34-48(39-57(52)59)60(46-31-29-43(30-32-46)41-17-6-4-7-18-41)47-33-35-51-49-24-11-14-27-54(49)58(2,3)56(51)38-47/h4-21,23-39H,1,22H2,2-3H3/b23-16-,45-37+. The van der Waals surface area contributed by atoms with Gasteiger partial charge in [-0.05, 0) is 126 Å². The van der Waals surface area contributed by atoms with Gasteiger partial charge in [0.1, 0.15) is 0 Å². The van der Waals surface area contributed by atoms with E-state index in [9.17, 15) is 0 Å². The molecular weight excluding hydrogens is 723 g/mol. The summed E-state index contributed by atoms with van der Waals surface area (Å²) in [5, 5.41) is 0. The smallest absolute Gasteiger partial charge is 0.0711 e. The maximum Gasteiger partial charge on any atom is 0.0711 e. The van der Waals surface area contributed by atoms with Gasteiger partial charge in [-0.15, -0.1) is 0 Å². The Balaban J connectivity index is 1.15. The van der Waals surface area contributed by atoms with Crippen LogP contribution in [0.2, 0.25) is 0 Å². The fourth-order valence-electron chi connectivity index (χ4n) is 10.5. The van der Waals surface area contributed by atoms with Crippen molar-refractivity contribution in [2.24, 2.45) is 0 Å². The predicted molar refractivity (Wildman–Crippen MR) is 252 cm³/mol. The van der Waals surface area contributed by atoms with E-state index in [1.807, 2.05) is 0 Å². The number of fused-ring (bicyclic) bond motifs is 10. The molecule has 0 fully saturated rings. The van der Waals surface area contributed by atoms with Gasteiger partial charge in [0.15, 0.2) is 0 Å². The van der Waals surface area contributed by atoms with Crippen LogP contribution in [0.4, 0.5) is 17.1 Å². The lowest BCUT2D eigenvalue weighted by molar-refractivity contribution is 0.660. The second kappa shape index (κ2) is 14.0. The van der Waals surface area contributed by atoms with Gasteiger partial charge in [-0.2, -0.15) is 0 Å². The van der Waals surface area contributed by atoms with Crippen LogP contribution < -0.4 is 4.90 Å². The number of hydrogen-bond donors (Lipinski definition) is 0. The summed E-state index contributed by atoms with van der Waals surface area (Å²) in [6, 6.07) is 71.6. The summed E-state index contributed by atoms with van der Waals surface area (Å²) in [6.45, 7) is 9.77. The molecule has 286 valence electrons. The highest BCUT2D eigenvalue weighted by molar-refractivity contribution is 5.92. The third-order valence-corrected chi connectivity index (χ3v) is 13.3. The molecule has 0 aromatic heterocycles. The lowest BCUT2D eigenvalue weighted by Gasteiger charge is -2.36. The van der Waals surface area contributed by atoms with E-state index in [4.69, 9.17) is 6.58 Å². The largest absolute Gasteiger partial charge is 0.310 e. The monoisotopic (exact) mass is 767 g/mol. The van der Waals surface area contributed by atoms with E-state index >= 15 is 0 Å². The molecule has 1 heteroatoms. The van der Waals surface area contributed by atoms with Crippen LogP contribution in [-0.4, -0.2) is 0 Å². The molecule has 0 amide bonds. The molecule has 3 aliphatic rings. The summed E-state index contributed by atoms with van der Waals surface area (Å²) in [7, 11) is 0. The first-order valence-corrected chi connectivity index (χ1v) is 21.1. The van der Waals surface area contributed by atoms with Gasteiger partial charge in [0.05, 0.1) is 5.41 Å². The van der Waals surface area contributed by atoms with Crippen LogP contribution in [-0.2, 0) is 17.3 Å². The Kier molecular flexibility index (Phi) is 8.36. The van der Waals surface area contributed by atoms with Crippen LogP contribution in [0.25, 0.3) is 39.0 Å². The zero-order valence-corrected chi connectivity index (χ0v) is 34.1. The number of rotatable bonds is 5. The van der Waals surface area contributed by atoms with Crippen LogP contribution in [0.5, 0.6) is 0 Å². The van der Waals surface area contributed by atoms with E-state index in [0.717, 1.165) is 34.6 Å². The molecule has 0 aliphatic heterocycles. The number of anilines is 3. The lowest BCUT2D eigenvalue weighted by atomic mass is 9.66. The van der Waals surface area contributed by atoms with Crippen molar-refractivity contribution in [1.29, 1.82) is 0 Å². The van der Waals surface area contributed by atoms with Crippen LogP contribution in [0.3, 0.4) is 0 Å². The maximum atomic E-state index is 5.05. The normalized spacial score (nSPS) is 18.1. The number of nitrogens with zero attached hydrogens (tertiary/aromatic N) is 1. The van der Waals surface area contributed by atoms with Crippen molar-refractivity contribution in [3.05, 3.63) is 263 Å². The molecule has 0 radical (unpaired) electrons. The third kappa shape index (κ3) is 5.46. The van der Waals surface area contributed by atoms with Crippen molar-refractivity contribution in [3.8, 4) is 33.4 Å². The van der Waals surface area contributed by atoms with Crippen LogP contribution in [0, 0.1) is 0 Å². The molecule has 1 unspecified atom stereocenters. The van der Waals surface area contributed by atoms with E-state index in [2.05, 4.69) is 231 Å². The Morgan fingerprint density at radius 3 is 1.63 bits per heavy atom. The molecule has 0 N–H and O–H groups in total. The van der Waals surface area contributed by atoms with Crippen molar-refractivity contribution in [3.63, 3.8) is 0 Å². The average Bonchev–Trinajstić information content (AvgIpc) is 3.74. The lowest BCUT2D eigenvalue weighted by Crippen LogP contribution is -2.30.